The van der Waals surface area contributed by atoms with Crippen LogP contribution in [0.1, 0.15) is 23.2 Å². The summed E-state index contributed by atoms with van der Waals surface area (Å²) in [6.07, 6.45) is 0.119. The molecule has 1 aromatic heterocycles. The summed E-state index contributed by atoms with van der Waals surface area (Å²) in [6.45, 7) is 6.08. The van der Waals surface area contributed by atoms with Gasteiger partial charge in [-0.1, -0.05) is 6.07 Å². The van der Waals surface area contributed by atoms with Crippen molar-refractivity contribution in [2.45, 2.75) is 39.0 Å². The maximum Gasteiger partial charge on any atom is 0.258 e. The van der Waals surface area contributed by atoms with Gasteiger partial charge in [0, 0.05) is 25.0 Å². The van der Waals surface area contributed by atoms with Gasteiger partial charge in [0.1, 0.15) is 5.75 Å². The number of thiazole rings is 1. The highest BCUT2D eigenvalue weighted by Gasteiger charge is 2.29. The number of aryl methyl sites for hydroxylation is 2. The molecule has 2 heterocycles. The molecule has 1 saturated heterocycles. The molecule has 3 rings (SSSR count). The molecular formula is C19H25N3O3S. The number of piperidine rings is 1. The third kappa shape index (κ3) is 5.03. The minimum absolute atomic E-state index is 0.0474. The van der Waals surface area contributed by atoms with Gasteiger partial charge in [0.05, 0.1) is 23.4 Å². The SMILES string of the molecule is Cc1ccc(OCC(=O)N[C@@H]2CCN(Cc3cscn3)C[C@H]2O)cc1C. The van der Waals surface area contributed by atoms with Crippen LogP contribution in [0.3, 0.4) is 0 Å². The Balaban J connectivity index is 1.43. The van der Waals surface area contributed by atoms with E-state index < -0.39 is 6.10 Å². The maximum atomic E-state index is 12.2. The molecule has 1 aliphatic heterocycles. The predicted octanol–water partition coefficient (Wildman–Crippen LogP) is 1.89. The average molecular weight is 375 g/mol. The summed E-state index contributed by atoms with van der Waals surface area (Å²) in [4.78, 5) is 18.6. The van der Waals surface area contributed by atoms with Crippen molar-refractivity contribution in [3.8, 4) is 5.75 Å². The molecule has 1 aromatic carbocycles. The zero-order valence-corrected chi connectivity index (χ0v) is 16.0. The summed E-state index contributed by atoms with van der Waals surface area (Å²) in [7, 11) is 0. The monoisotopic (exact) mass is 375 g/mol. The number of hydrogen-bond acceptors (Lipinski definition) is 6. The lowest BCUT2D eigenvalue weighted by atomic mass is 10.0. The fraction of sp³-hybridized carbons (Fsp3) is 0.474. The van der Waals surface area contributed by atoms with Crippen LogP contribution in [0, 0.1) is 13.8 Å². The zero-order valence-electron chi connectivity index (χ0n) is 15.1. The molecule has 2 aromatic rings. The first-order chi connectivity index (χ1) is 12.5. The van der Waals surface area contributed by atoms with Crippen molar-refractivity contribution in [3.63, 3.8) is 0 Å². The van der Waals surface area contributed by atoms with Crippen LogP contribution in [-0.2, 0) is 11.3 Å². The van der Waals surface area contributed by atoms with Crippen LogP contribution in [0.25, 0.3) is 0 Å². The predicted molar refractivity (Wildman–Crippen MR) is 101 cm³/mol. The van der Waals surface area contributed by atoms with Crippen molar-refractivity contribution in [1.82, 2.24) is 15.2 Å². The van der Waals surface area contributed by atoms with Crippen LogP contribution in [-0.4, -0.2) is 52.7 Å². The molecule has 1 fully saturated rings. The summed E-state index contributed by atoms with van der Waals surface area (Å²) >= 11 is 1.57. The number of rotatable bonds is 6. The van der Waals surface area contributed by atoms with Crippen LogP contribution in [0.2, 0.25) is 0 Å². The Morgan fingerprint density at radius 3 is 2.96 bits per heavy atom. The van der Waals surface area contributed by atoms with E-state index in [0.29, 0.717) is 18.7 Å². The van der Waals surface area contributed by atoms with E-state index in [2.05, 4.69) is 15.2 Å². The van der Waals surface area contributed by atoms with Crippen LogP contribution in [0.5, 0.6) is 5.75 Å². The second-order valence-electron chi connectivity index (χ2n) is 6.78. The highest BCUT2D eigenvalue weighted by atomic mass is 32.1. The quantitative estimate of drug-likeness (QED) is 0.807. The van der Waals surface area contributed by atoms with Crippen molar-refractivity contribution in [3.05, 3.63) is 45.9 Å². The molecule has 140 valence electrons. The number of β-amino-alcohol motifs (C(OH)–C–C–N with tert-alkyl or cyclic N) is 1. The van der Waals surface area contributed by atoms with Gasteiger partial charge in [-0.25, -0.2) is 4.98 Å². The fourth-order valence-electron chi connectivity index (χ4n) is 3.05. The van der Waals surface area contributed by atoms with Crippen molar-refractivity contribution in [2.75, 3.05) is 19.7 Å². The number of nitrogens with one attached hydrogen (secondary N) is 1. The second-order valence-corrected chi connectivity index (χ2v) is 7.50. The minimum Gasteiger partial charge on any atom is -0.484 e. The molecule has 2 N–H and O–H groups in total. The highest BCUT2D eigenvalue weighted by molar-refractivity contribution is 7.07. The van der Waals surface area contributed by atoms with Crippen LogP contribution in [0.15, 0.2) is 29.1 Å². The Bertz CT molecular complexity index is 736. The number of nitrogens with zero attached hydrogens (tertiary/aromatic N) is 2. The van der Waals surface area contributed by atoms with Gasteiger partial charge in [-0.3, -0.25) is 9.69 Å². The van der Waals surface area contributed by atoms with E-state index >= 15 is 0 Å². The van der Waals surface area contributed by atoms with E-state index in [4.69, 9.17) is 4.74 Å². The van der Waals surface area contributed by atoms with E-state index in [-0.39, 0.29) is 18.6 Å². The summed E-state index contributed by atoms with van der Waals surface area (Å²) < 4.78 is 5.56. The van der Waals surface area contributed by atoms with E-state index in [0.717, 1.165) is 24.3 Å². The number of hydrogen-bond donors (Lipinski definition) is 2. The van der Waals surface area contributed by atoms with Gasteiger partial charge in [0.15, 0.2) is 6.61 Å². The number of carbonyl (C=O) groups is 1. The van der Waals surface area contributed by atoms with E-state index in [9.17, 15) is 9.90 Å². The van der Waals surface area contributed by atoms with Gasteiger partial charge in [0.25, 0.3) is 5.91 Å². The normalized spacial score (nSPS) is 20.7. The standard InChI is InChI=1S/C19H25N3O3S/c1-13-3-4-16(7-14(13)2)25-10-19(24)21-17-5-6-22(9-18(17)23)8-15-11-26-12-20-15/h3-4,7,11-12,17-18,23H,5-6,8-10H2,1-2H3,(H,21,24)/t17-,18-/m1/s1. The van der Waals surface area contributed by atoms with Gasteiger partial charge in [-0.05, 0) is 43.5 Å². The molecule has 0 aliphatic carbocycles. The summed E-state index contributed by atoms with van der Waals surface area (Å²) in [5.41, 5.74) is 5.15. The Labute approximate surface area is 157 Å². The Kier molecular flexibility index (Phi) is 6.24. The van der Waals surface area contributed by atoms with Gasteiger partial charge in [0.2, 0.25) is 0 Å². The second kappa shape index (κ2) is 8.62. The average Bonchev–Trinajstić information content (AvgIpc) is 3.11. The minimum atomic E-state index is -0.590. The number of aromatic nitrogens is 1. The van der Waals surface area contributed by atoms with E-state index in [1.165, 1.54) is 5.56 Å². The van der Waals surface area contributed by atoms with Crippen molar-refractivity contribution < 1.29 is 14.6 Å². The Morgan fingerprint density at radius 2 is 2.27 bits per heavy atom. The molecule has 6 nitrogen and oxygen atoms in total. The third-order valence-electron chi connectivity index (χ3n) is 4.73. The Hall–Kier alpha value is -1.96. The first-order valence-corrected chi connectivity index (χ1v) is 9.72. The van der Waals surface area contributed by atoms with Crippen molar-refractivity contribution >= 4 is 17.2 Å². The molecule has 26 heavy (non-hydrogen) atoms. The van der Waals surface area contributed by atoms with Gasteiger partial charge in [-0.2, -0.15) is 0 Å². The lowest BCUT2D eigenvalue weighted by Crippen LogP contribution is -2.54. The number of carbonyl (C=O) groups excluding carboxylic acids is 1. The van der Waals surface area contributed by atoms with Gasteiger partial charge >= 0.3 is 0 Å². The first-order valence-electron chi connectivity index (χ1n) is 8.78. The molecule has 1 amide bonds. The molecule has 0 unspecified atom stereocenters. The first kappa shape index (κ1) is 18.8. The number of amides is 1. The fourth-order valence-corrected chi connectivity index (χ4v) is 3.60. The lowest BCUT2D eigenvalue weighted by Gasteiger charge is -2.35. The highest BCUT2D eigenvalue weighted by Crippen LogP contribution is 2.17. The smallest absolute Gasteiger partial charge is 0.258 e. The van der Waals surface area contributed by atoms with Gasteiger partial charge < -0.3 is 15.2 Å². The van der Waals surface area contributed by atoms with E-state index in [1.807, 2.05) is 42.9 Å². The molecule has 0 spiro atoms. The topological polar surface area (TPSA) is 74.7 Å². The lowest BCUT2D eigenvalue weighted by molar-refractivity contribution is -0.125. The summed E-state index contributed by atoms with van der Waals surface area (Å²) in [5, 5.41) is 15.3. The van der Waals surface area contributed by atoms with Crippen molar-refractivity contribution in [2.24, 2.45) is 0 Å². The number of likely N-dealkylation sites (tertiary alicyclic amines) is 1. The number of benzene rings is 1. The molecule has 0 radical (unpaired) electrons. The number of aliphatic hydroxyl groups is 1. The van der Waals surface area contributed by atoms with Crippen LogP contribution in [0.4, 0.5) is 0 Å². The largest absolute Gasteiger partial charge is 0.484 e. The maximum absolute atomic E-state index is 12.2. The number of ether oxygens (including phenoxy) is 1. The molecule has 7 heteroatoms. The third-order valence-corrected chi connectivity index (χ3v) is 5.37. The Morgan fingerprint density at radius 1 is 1.42 bits per heavy atom. The number of aliphatic hydroxyl groups excluding tert-OH is 1. The van der Waals surface area contributed by atoms with Crippen molar-refractivity contribution in [1.29, 1.82) is 0 Å². The van der Waals surface area contributed by atoms with E-state index in [1.54, 1.807) is 11.3 Å². The summed E-state index contributed by atoms with van der Waals surface area (Å²) in [6, 6.07) is 5.53. The van der Waals surface area contributed by atoms with Crippen LogP contribution >= 0.6 is 11.3 Å². The zero-order chi connectivity index (χ0) is 18.5. The molecular weight excluding hydrogens is 350 g/mol. The molecule has 0 saturated carbocycles. The summed E-state index contributed by atoms with van der Waals surface area (Å²) in [5.74, 6) is 0.474. The molecule has 2 atom stereocenters. The molecule has 1 aliphatic rings. The van der Waals surface area contributed by atoms with Crippen LogP contribution < -0.4 is 10.1 Å². The van der Waals surface area contributed by atoms with Gasteiger partial charge in [-0.15, -0.1) is 11.3 Å². The molecule has 0 bridgehead atoms.